The molecule has 1 N–H and O–H groups in total. The number of carbonyl (C=O) groups excluding carboxylic acids is 1. The predicted octanol–water partition coefficient (Wildman–Crippen LogP) is 2.75. The number of hydrogen-bond donors (Lipinski definition) is 1. The van der Waals surface area contributed by atoms with E-state index in [4.69, 9.17) is 4.98 Å². The molecule has 0 saturated carbocycles. The summed E-state index contributed by atoms with van der Waals surface area (Å²) in [6, 6.07) is 13.8. The van der Waals surface area contributed by atoms with Crippen LogP contribution in [-0.4, -0.2) is 86.4 Å². The number of anilines is 3. The number of nitriles is 1. The lowest BCUT2D eigenvalue weighted by Gasteiger charge is -2.50. The topological polar surface area (TPSA) is 111 Å². The average molecular weight is 525 g/mol. The molecule has 5 heterocycles. The standard InChI is InChI=1S/C28H32N10O/c1-3-21-17-30-38(18-21)28(10-11-29)19-36(20-28)24-5-4-12-37-25(24)32-27(33-37)31-23-8-6-22(7-9-23)26(39)35-15-13-34(2)14-16-35/h4-9,12,17-18H,3,10,13-16,19-20H2,1-2H3,(H,31,33). The summed E-state index contributed by atoms with van der Waals surface area (Å²) in [5.41, 5.74) is 4.00. The molecule has 0 bridgehead atoms. The van der Waals surface area contributed by atoms with E-state index in [0.29, 0.717) is 31.0 Å². The maximum Gasteiger partial charge on any atom is 0.253 e. The van der Waals surface area contributed by atoms with Gasteiger partial charge in [0.2, 0.25) is 5.95 Å². The van der Waals surface area contributed by atoms with Crippen molar-refractivity contribution in [3.8, 4) is 6.07 Å². The molecule has 4 aromatic rings. The van der Waals surface area contributed by atoms with Crippen LogP contribution in [0.1, 0.15) is 29.3 Å². The maximum absolute atomic E-state index is 12.9. The largest absolute Gasteiger partial charge is 0.363 e. The Labute approximate surface area is 227 Å². The molecule has 1 amide bonds. The van der Waals surface area contributed by atoms with Crippen LogP contribution in [0.4, 0.5) is 17.3 Å². The second-order valence-corrected chi connectivity index (χ2v) is 10.5. The van der Waals surface area contributed by atoms with E-state index in [1.807, 2.05) is 58.4 Å². The monoisotopic (exact) mass is 524 g/mol. The summed E-state index contributed by atoms with van der Waals surface area (Å²) < 4.78 is 3.72. The third-order valence-electron chi connectivity index (χ3n) is 7.77. The van der Waals surface area contributed by atoms with Gasteiger partial charge >= 0.3 is 0 Å². The molecule has 200 valence electrons. The number of nitrogens with one attached hydrogen (secondary N) is 1. The van der Waals surface area contributed by atoms with Gasteiger partial charge in [0.25, 0.3) is 5.91 Å². The van der Waals surface area contributed by atoms with Gasteiger partial charge in [-0.25, -0.2) is 4.52 Å². The van der Waals surface area contributed by atoms with E-state index in [0.717, 1.165) is 55.2 Å². The Morgan fingerprint density at radius 3 is 2.59 bits per heavy atom. The van der Waals surface area contributed by atoms with Crippen molar-refractivity contribution in [2.75, 3.05) is 56.5 Å². The number of nitrogens with zero attached hydrogens (tertiary/aromatic N) is 9. The van der Waals surface area contributed by atoms with Crippen LogP contribution in [0.5, 0.6) is 0 Å². The number of aryl methyl sites for hydroxylation is 1. The summed E-state index contributed by atoms with van der Waals surface area (Å²) in [5, 5.41) is 22.0. The van der Waals surface area contributed by atoms with E-state index >= 15 is 0 Å². The molecule has 0 atom stereocenters. The SMILES string of the molecule is CCc1cnn(C2(CC#N)CN(c3cccn4nc(Nc5ccc(C(=O)N6CCN(C)CC6)cc5)nc34)C2)c1. The quantitative estimate of drug-likeness (QED) is 0.393. The van der Waals surface area contributed by atoms with E-state index < -0.39 is 0 Å². The van der Waals surface area contributed by atoms with E-state index in [9.17, 15) is 10.1 Å². The number of fused-ring (bicyclic) bond motifs is 1. The Bertz CT molecular complexity index is 1520. The van der Waals surface area contributed by atoms with Gasteiger partial charge in [-0.05, 0) is 55.4 Å². The van der Waals surface area contributed by atoms with Gasteiger partial charge < -0.3 is 20.0 Å². The van der Waals surface area contributed by atoms with Crippen LogP contribution in [0.25, 0.3) is 5.65 Å². The number of piperazine rings is 1. The van der Waals surface area contributed by atoms with Crippen LogP contribution in [-0.2, 0) is 12.0 Å². The van der Waals surface area contributed by atoms with Crippen LogP contribution in [0.3, 0.4) is 0 Å². The normalized spacial score (nSPS) is 17.2. The Kier molecular flexibility index (Phi) is 6.40. The molecule has 39 heavy (non-hydrogen) atoms. The van der Waals surface area contributed by atoms with E-state index in [-0.39, 0.29) is 11.4 Å². The van der Waals surface area contributed by atoms with Crippen molar-refractivity contribution in [1.82, 2.24) is 34.2 Å². The molecular weight excluding hydrogens is 492 g/mol. The highest BCUT2D eigenvalue weighted by atomic mass is 16.2. The summed E-state index contributed by atoms with van der Waals surface area (Å²) in [6.07, 6.45) is 7.12. The number of hydrogen-bond acceptors (Lipinski definition) is 8. The number of amides is 1. The fourth-order valence-corrected chi connectivity index (χ4v) is 5.33. The highest BCUT2D eigenvalue weighted by Crippen LogP contribution is 2.37. The van der Waals surface area contributed by atoms with Crippen LogP contribution < -0.4 is 10.2 Å². The zero-order valence-corrected chi connectivity index (χ0v) is 22.3. The number of carbonyl (C=O) groups is 1. The number of aromatic nitrogens is 5. The molecule has 0 aliphatic carbocycles. The molecule has 1 aromatic carbocycles. The molecular formula is C28H32N10O. The summed E-state index contributed by atoms with van der Waals surface area (Å²) in [7, 11) is 2.08. The Hall–Kier alpha value is -4.43. The first-order valence-corrected chi connectivity index (χ1v) is 13.3. The van der Waals surface area contributed by atoms with Gasteiger partial charge in [-0.1, -0.05) is 6.92 Å². The first kappa shape index (κ1) is 24.9. The summed E-state index contributed by atoms with van der Waals surface area (Å²) >= 11 is 0. The van der Waals surface area contributed by atoms with Crippen molar-refractivity contribution < 1.29 is 4.79 Å². The number of benzene rings is 1. The second kappa shape index (κ2) is 10.0. The third kappa shape index (κ3) is 4.68. The highest BCUT2D eigenvalue weighted by Gasteiger charge is 2.46. The lowest BCUT2D eigenvalue weighted by molar-refractivity contribution is 0.0664. The molecule has 2 saturated heterocycles. The van der Waals surface area contributed by atoms with Gasteiger partial charge in [-0.2, -0.15) is 15.3 Å². The lowest BCUT2D eigenvalue weighted by Crippen LogP contribution is -2.63. The van der Waals surface area contributed by atoms with Crippen LogP contribution in [0.2, 0.25) is 0 Å². The van der Waals surface area contributed by atoms with Crippen molar-refractivity contribution in [2.24, 2.45) is 0 Å². The fraction of sp³-hybridized carbons (Fsp3) is 0.393. The van der Waals surface area contributed by atoms with E-state index in [1.165, 1.54) is 0 Å². The van der Waals surface area contributed by atoms with Gasteiger partial charge in [0, 0.05) is 62.9 Å². The Morgan fingerprint density at radius 2 is 1.90 bits per heavy atom. The van der Waals surface area contributed by atoms with Crippen LogP contribution in [0.15, 0.2) is 55.0 Å². The molecule has 2 aliphatic rings. The smallest absolute Gasteiger partial charge is 0.253 e. The minimum absolute atomic E-state index is 0.0631. The zero-order valence-electron chi connectivity index (χ0n) is 22.3. The van der Waals surface area contributed by atoms with Gasteiger partial charge in [0.15, 0.2) is 5.65 Å². The molecule has 0 spiro atoms. The highest BCUT2D eigenvalue weighted by molar-refractivity contribution is 5.94. The number of rotatable bonds is 7. The fourth-order valence-electron chi connectivity index (χ4n) is 5.33. The molecule has 3 aromatic heterocycles. The minimum Gasteiger partial charge on any atom is -0.363 e. The van der Waals surface area contributed by atoms with Gasteiger partial charge in [-0.3, -0.25) is 9.48 Å². The van der Waals surface area contributed by atoms with Crippen LogP contribution in [0, 0.1) is 11.3 Å². The number of pyridine rings is 1. The van der Waals surface area contributed by atoms with Crippen molar-refractivity contribution in [3.63, 3.8) is 0 Å². The molecule has 6 rings (SSSR count). The molecule has 11 nitrogen and oxygen atoms in total. The second-order valence-electron chi connectivity index (χ2n) is 10.5. The minimum atomic E-state index is -0.348. The summed E-state index contributed by atoms with van der Waals surface area (Å²) in [5.74, 6) is 0.539. The van der Waals surface area contributed by atoms with Gasteiger partial charge in [0.05, 0.1) is 24.4 Å². The maximum atomic E-state index is 12.9. The molecule has 11 heteroatoms. The summed E-state index contributed by atoms with van der Waals surface area (Å²) in [4.78, 5) is 24.0. The predicted molar refractivity (Wildman–Crippen MR) is 148 cm³/mol. The third-order valence-corrected chi connectivity index (χ3v) is 7.77. The molecule has 0 radical (unpaired) electrons. The lowest BCUT2D eigenvalue weighted by atomic mass is 9.86. The first-order chi connectivity index (χ1) is 19.0. The van der Waals surface area contributed by atoms with E-state index in [2.05, 4.69) is 51.6 Å². The van der Waals surface area contributed by atoms with Crippen molar-refractivity contribution in [2.45, 2.75) is 25.3 Å². The van der Waals surface area contributed by atoms with Crippen molar-refractivity contribution in [3.05, 3.63) is 66.1 Å². The Morgan fingerprint density at radius 1 is 1.13 bits per heavy atom. The Balaban J connectivity index is 1.16. The first-order valence-electron chi connectivity index (χ1n) is 13.3. The molecule has 0 unspecified atom stereocenters. The number of likely N-dealkylation sites (N-methyl/N-ethyl adjacent to an activating group) is 1. The van der Waals surface area contributed by atoms with Gasteiger partial charge in [0.1, 0.15) is 5.54 Å². The van der Waals surface area contributed by atoms with Crippen molar-refractivity contribution in [1.29, 1.82) is 5.26 Å². The molecule has 2 aliphatic heterocycles. The molecule has 2 fully saturated rings. The van der Waals surface area contributed by atoms with E-state index in [1.54, 1.807) is 4.52 Å². The summed E-state index contributed by atoms with van der Waals surface area (Å²) in [6.45, 7) is 6.73. The zero-order chi connectivity index (χ0) is 27.0. The van der Waals surface area contributed by atoms with Gasteiger partial charge in [-0.15, -0.1) is 5.10 Å². The average Bonchev–Trinajstić information content (AvgIpc) is 3.58. The van der Waals surface area contributed by atoms with Crippen molar-refractivity contribution >= 4 is 28.9 Å². The van der Waals surface area contributed by atoms with Crippen LogP contribution >= 0.6 is 0 Å².